The highest BCUT2D eigenvalue weighted by molar-refractivity contribution is 9.10. The van der Waals surface area contributed by atoms with Gasteiger partial charge in [0.25, 0.3) is 0 Å². The topological polar surface area (TPSA) is 24.5 Å². The van der Waals surface area contributed by atoms with E-state index in [1.54, 1.807) is 11.3 Å². The van der Waals surface area contributed by atoms with Gasteiger partial charge in [0, 0.05) is 35.0 Å². The highest BCUT2D eigenvalue weighted by atomic mass is 79.9. The standard InChI is InChI=1S/C13H21BrN2OS/c1-11(2-4-16-5-7-17-8-6-16)15-10-13-12(14)3-9-18-13/h3,9,11,15H,2,4-8,10H2,1H3/t11-/m0/s1. The minimum absolute atomic E-state index is 0.557. The van der Waals surface area contributed by atoms with E-state index in [9.17, 15) is 0 Å². The molecule has 0 aromatic carbocycles. The first-order valence-corrected chi connectivity index (χ1v) is 8.18. The van der Waals surface area contributed by atoms with Crippen molar-refractivity contribution in [2.45, 2.75) is 25.9 Å². The number of hydrogen-bond acceptors (Lipinski definition) is 4. The summed E-state index contributed by atoms with van der Waals surface area (Å²) in [6, 6.07) is 2.67. The summed E-state index contributed by atoms with van der Waals surface area (Å²) in [6.07, 6.45) is 1.20. The van der Waals surface area contributed by atoms with Crippen LogP contribution in [0, 0.1) is 0 Å². The Morgan fingerprint density at radius 3 is 2.94 bits per heavy atom. The van der Waals surface area contributed by atoms with E-state index in [4.69, 9.17) is 4.74 Å². The van der Waals surface area contributed by atoms with E-state index in [2.05, 4.69) is 44.5 Å². The Labute approximate surface area is 122 Å². The smallest absolute Gasteiger partial charge is 0.0594 e. The summed E-state index contributed by atoms with van der Waals surface area (Å²) in [6.45, 7) is 8.36. The molecule has 1 aromatic rings. The van der Waals surface area contributed by atoms with Gasteiger partial charge in [-0.25, -0.2) is 0 Å². The number of hydrogen-bond donors (Lipinski definition) is 1. The van der Waals surface area contributed by atoms with Crippen molar-refractivity contribution >= 4 is 27.3 Å². The van der Waals surface area contributed by atoms with Crippen molar-refractivity contribution in [2.75, 3.05) is 32.8 Å². The normalized spacial score (nSPS) is 19.0. The van der Waals surface area contributed by atoms with Gasteiger partial charge in [-0.2, -0.15) is 0 Å². The zero-order valence-electron chi connectivity index (χ0n) is 10.8. The first-order chi connectivity index (χ1) is 8.75. The lowest BCUT2D eigenvalue weighted by Crippen LogP contribution is -2.39. The lowest BCUT2D eigenvalue weighted by molar-refractivity contribution is 0.0364. The fourth-order valence-corrected chi connectivity index (χ4v) is 3.46. The molecule has 0 radical (unpaired) electrons. The number of morpholine rings is 1. The highest BCUT2D eigenvalue weighted by Gasteiger charge is 2.11. The maximum atomic E-state index is 5.36. The minimum atomic E-state index is 0.557. The van der Waals surface area contributed by atoms with Gasteiger partial charge in [-0.1, -0.05) is 0 Å². The second-order valence-corrected chi connectivity index (χ2v) is 6.57. The lowest BCUT2D eigenvalue weighted by Gasteiger charge is -2.27. The zero-order chi connectivity index (χ0) is 12.8. The number of ether oxygens (including phenoxy) is 1. The Hall–Kier alpha value is 0.0600. The Balaban J connectivity index is 1.62. The van der Waals surface area contributed by atoms with Gasteiger partial charge >= 0.3 is 0 Å². The Kier molecular flexibility index (Phi) is 6.11. The van der Waals surface area contributed by atoms with E-state index in [-0.39, 0.29) is 0 Å². The predicted molar refractivity (Wildman–Crippen MR) is 80.2 cm³/mol. The summed E-state index contributed by atoms with van der Waals surface area (Å²) in [5.74, 6) is 0. The van der Waals surface area contributed by atoms with Crippen molar-refractivity contribution in [1.82, 2.24) is 10.2 Å². The van der Waals surface area contributed by atoms with Crippen LogP contribution in [0.1, 0.15) is 18.2 Å². The largest absolute Gasteiger partial charge is 0.379 e. The Morgan fingerprint density at radius 2 is 2.28 bits per heavy atom. The van der Waals surface area contributed by atoms with Crippen LogP contribution in [0.15, 0.2) is 15.9 Å². The first-order valence-electron chi connectivity index (χ1n) is 6.51. The van der Waals surface area contributed by atoms with E-state index in [1.807, 2.05) is 0 Å². The molecule has 1 saturated heterocycles. The van der Waals surface area contributed by atoms with Crippen molar-refractivity contribution < 1.29 is 4.74 Å². The maximum absolute atomic E-state index is 5.36. The fourth-order valence-electron chi connectivity index (χ4n) is 2.02. The third-order valence-corrected chi connectivity index (χ3v) is 5.21. The third kappa shape index (κ3) is 4.63. The molecule has 1 atom stereocenters. The van der Waals surface area contributed by atoms with Gasteiger partial charge in [0.2, 0.25) is 0 Å². The second-order valence-electron chi connectivity index (χ2n) is 4.72. The van der Waals surface area contributed by atoms with Gasteiger partial charge in [-0.15, -0.1) is 11.3 Å². The molecule has 0 spiro atoms. The zero-order valence-corrected chi connectivity index (χ0v) is 13.2. The van der Waals surface area contributed by atoms with Crippen LogP contribution in [-0.4, -0.2) is 43.8 Å². The quantitative estimate of drug-likeness (QED) is 0.866. The molecule has 0 unspecified atom stereocenters. The molecule has 5 heteroatoms. The second kappa shape index (κ2) is 7.60. The van der Waals surface area contributed by atoms with E-state index in [1.165, 1.54) is 22.3 Å². The number of thiophene rings is 1. The van der Waals surface area contributed by atoms with Crippen LogP contribution in [0.25, 0.3) is 0 Å². The Morgan fingerprint density at radius 1 is 1.50 bits per heavy atom. The van der Waals surface area contributed by atoms with Gasteiger partial charge < -0.3 is 10.1 Å². The molecule has 0 saturated carbocycles. The molecule has 1 N–H and O–H groups in total. The lowest BCUT2D eigenvalue weighted by atomic mass is 10.2. The van der Waals surface area contributed by atoms with E-state index >= 15 is 0 Å². The molecule has 18 heavy (non-hydrogen) atoms. The molecular formula is C13H21BrN2OS. The molecule has 1 fully saturated rings. The van der Waals surface area contributed by atoms with Crippen LogP contribution in [0.5, 0.6) is 0 Å². The molecule has 0 amide bonds. The van der Waals surface area contributed by atoms with Gasteiger partial charge in [0.1, 0.15) is 0 Å². The summed E-state index contributed by atoms with van der Waals surface area (Å²) >= 11 is 5.37. The van der Waals surface area contributed by atoms with E-state index in [0.29, 0.717) is 6.04 Å². The van der Waals surface area contributed by atoms with Crippen LogP contribution < -0.4 is 5.32 Å². The van der Waals surface area contributed by atoms with E-state index in [0.717, 1.165) is 32.8 Å². The Bertz CT molecular complexity index is 353. The van der Waals surface area contributed by atoms with Crippen molar-refractivity contribution in [1.29, 1.82) is 0 Å². The van der Waals surface area contributed by atoms with Crippen molar-refractivity contribution in [3.8, 4) is 0 Å². The van der Waals surface area contributed by atoms with Gasteiger partial charge in [0.05, 0.1) is 13.2 Å². The summed E-state index contributed by atoms with van der Waals surface area (Å²) in [7, 11) is 0. The molecule has 1 aliphatic rings. The molecule has 2 rings (SSSR count). The average Bonchev–Trinajstić information content (AvgIpc) is 2.81. The van der Waals surface area contributed by atoms with Crippen LogP contribution in [0.4, 0.5) is 0 Å². The van der Waals surface area contributed by atoms with Crippen molar-refractivity contribution in [2.24, 2.45) is 0 Å². The fraction of sp³-hybridized carbons (Fsp3) is 0.692. The first kappa shape index (κ1) is 14.5. The van der Waals surface area contributed by atoms with Gasteiger partial charge in [-0.05, 0) is 47.3 Å². The monoisotopic (exact) mass is 332 g/mol. The SMILES string of the molecule is C[C@@H](CCN1CCOCC1)NCc1sccc1Br. The molecule has 102 valence electrons. The van der Waals surface area contributed by atoms with Crippen LogP contribution in [0.2, 0.25) is 0 Å². The molecule has 0 bridgehead atoms. The average molecular weight is 333 g/mol. The number of nitrogens with zero attached hydrogens (tertiary/aromatic N) is 1. The van der Waals surface area contributed by atoms with Crippen molar-refractivity contribution in [3.05, 3.63) is 20.8 Å². The predicted octanol–water partition coefficient (Wildman–Crippen LogP) is 2.71. The summed E-state index contributed by atoms with van der Waals surface area (Å²) in [5, 5.41) is 5.71. The molecule has 0 aliphatic carbocycles. The van der Waals surface area contributed by atoms with Crippen LogP contribution in [0.3, 0.4) is 0 Å². The van der Waals surface area contributed by atoms with Gasteiger partial charge in [-0.3, -0.25) is 4.90 Å². The van der Waals surface area contributed by atoms with Crippen LogP contribution >= 0.6 is 27.3 Å². The molecule has 2 heterocycles. The molecular weight excluding hydrogens is 312 g/mol. The number of halogens is 1. The molecule has 1 aromatic heterocycles. The summed E-state index contributed by atoms with van der Waals surface area (Å²) < 4.78 is 6.58. The van der Waals surface area contributed by atoms with E-state index < -0.39 is 0 Å². The van der Waals surface area contributed by atoms with Crippen molar-refractivity contribution in [3.63, 3.8) is 0 Å². The number of rotatable bonds is 6. The summed E-state index contributed by atoms with van der Waals surface area (Å²) in [5.41, 5.74) is 0. The number of nitrogens with one attached hydrogen (secondary N) is 1. The molecule has 1 aliphatic heterocycles. The minimum Gasteiger partial charge on any atom is -0.379 e. The van der Waals surface area contributed by atoms with Crippen LogP contribution in [-0.2, 0) is 11.3 Å². The third-order valence-electron chi connectivity index (χ3n) is 3.28. The maximum Gasteiger partial charge on any atom is 0.0594 e. The highest BCUT2D eigenvalue weighted by Crippen LogP contribution is 2.22. The van der Waals surface area contributed by atoms with Gasteiger partial charge in [0.15, 0.2) is 0 Å². The molecule has 3 nitrogen and oxygen atoms in total. The summed E-state index contributed by atoms with van der Waals surface area (Å²) in [4.78, 5) is 3.87.